The van der Waals surface area contributed by atoms with Crippen LogP contribution in [0.5, 0.6) is 0 Å². The van der Waals surface area contributed by atoms with E-state index in [4.69, 9.17) is 4.98 Å². The van der Waals surface area contributed by atoms with Gasteiger partial charge in [0.1, 0.15) is 5.82 Å². The van der Waals surface area contributed by atoms with Crippen molar-refractivity contribution in [3.05, 3.63) is 30.1 Å². The quantitative estimate of drug-likeness (QED) is 0.789. The van der Waals surface area contributed by atoms with Crippen LogP contribution in [0.2, 0.25) is 0 Å². The van der Waals surface area contributed by atoms with Crippen molar-refractivity contribution in [3.8, 4) is 0 Å². The Morgan fingerprint density at radius 1 is 1.18 bits per heavy atom. The van der Waals surface area contributed by atoms with Gasteiger partial charge in [-0.25, -0.2) is 4.98 Å². The van der Waals surface area contributed by atoms with Crippen molar-refractivity contribution in [1.29, 1.82) is 0 Å². The molecule has 1 aromatic carbocycles. The van der Waals surface area contributed by atoms with Gasteiger partial charge in [0.25, 0.3) is 0 Å². The van der Waals surface area contributed by atoms with Gasteiger partial charge in [0, 0.05) is 5.41 Å². The summed E-state index contributed by atoms with van der Waals surface area (Å²) in [5, 5.41) is 3.46. The van der Waals surface area contributed by atoms with Gasteiger partial charge in [-0.2, -0.15) is 0 Å². The number of para-hydroxylation sites is 2. The number of nitrogens with one attached hydrogen (secondary N) is 2. The predicted octanol–water partition coefficient (Wildman–Crippen LogP) is 2.59. The summed E-state index contributed by atoms with van der Waals surface area (Å²) < 4.78 is 0. The standard InChI is InChI=1S/C14H19N3/c1-14(7-4-9-15-10-8-14)13-16-11-5-2-3-6-12(11)17-13/h2-3,5-6,15H,4,7-10H2,1H3,(H,16,17). The van der Waals surface area contributed by atoms with Crippen LogP contribution in [0.25, 0.3) is 11.0 Å². The van der Waals surface area contributed by atoms with Gasteiger partial charge in [-0.15, -0.1) is 0 Å². The lowest BCUT2D eigenvalue weighted by molar-refractivity contribution is 0.400. The molecule has 2 heterocycles. The van der Waals surface area contributed by atoms with Gasteiger partial charge < -0.3 is 10.3 Å². The Hall–Kier alpha value is -1.35. The molecule has 0 aliphatic carbocycles. The van der Waals surface area contributed by atoms with E-state index in [1.165, 1.54) is 12.8 Å². The van der Waals surface area contributed by atoms with Crippen molar-refractivity contribution in [2.24, 2.45) is 0 Å². The minimum atomic E-state index is 0.197. The van der Waals surface area contributed by atoms with Gasteiger partial charge in [0.15, 0.2) is 0 Å². The number of aromatic nitrogens is 2. The van der Waals surface area contributed by atoms with Gasteiger partial charge in [-0.1, -0.05) is 19.1 Å². The molecule has 1 fully saturated rings. The maximum Gasteiger partial charge on any atom is 0.113 e. The van der Waals surface area contributed by atoms with Gasteiger partial charge in [0.05, 0.1) is 11.0 Å². The van der Waals surface area contributed by atoms with Gasteiger partial charge >= 0.3 is 0 Å². The number of fused-ring (bicyclic) bond motifs is 1. The SMILES string of the molecule is CC1(c2nc3ccccc3[nH]2)CCCNCC1. The third-order valence-electron chi connectivity index (χ3n) is 3.90. The summed E-state index contributed by atoms with van der Waals surface area (Å²) in [5.41, 5.74) is 2.43. The molecule has 1 saturated heterocycles. The van der Waals surface area contributed by atoms with Crippen molar-refractivity contribution in [2.45, 2.75) is 31.6 Å². The summed E-state index contributed by atoms with van der Waals surface area (Å²) >= 11 is 0. The number of hydrogen-bond donors (Lipinski definition) is 2. The van der Waals surface area contributed by atoms with E-state index in [0.717, 1.165) is 36.4 Å². The highest BCUT2D eigenvalue weighted by atomic mass is 15.0. The molecule has 1 aliphatic rings. The minimum Gasteiger partial charge on any atom is -0.342 e. The molecule has 3 rings (SSSR count). The molecule has 3 heteroatoms. The Labute approximate surface area is 102 Å². The summed E-state index contributed by atoms with van der Waals surface area (Å²) in [6, 6.07) is 8.28. The second-order valence-electron chi connectivity index (χ2n) is 5.27. The lowest BCUT2D eigenvalue weighted by atomic mass is 9.82. The van der Waals surface area contributed by atoms with Crippen molar-refractivity contribution in [1.82, 2.24) is 15.3 Å². The number of aromatic amines is 1. The molecule has 0 radical (unpaired) electrons. The molecule has 3 nitrogen and oxygen atoms in total. The summed E-state index contributed by atoms with van der Waals surface area (Å²) in [6.45, 7) is 4.56. The number of hydrogen-bond acceptors (Lipinski definition) is 2. The topological polar surface area (TPSA) is 40.7 Å². The number of H-pyrrole nitrogens is 1. The minimum absolute atomic E-state index is 0.197. The smallest absolute Gasteiger partial charge is 0.113 e. The Morgan fingerprint density at radius 2 is 2.06 bits per heavy atom. The average Bonchev–Trinajstić information content (AvgIpc) is 2.66. The molecular weight excluding hydrogens is 210 g/mol. The predicted molar refractivity (Wildman–Crippen MR) is 70.2 cm³/mol. The van der Waals surface area contributed by atoms with Crippen molar-refractivity contribution < 1.29 is 0 Å². The zero-order chi connectivity index (χ0) is 11.7. The Morgan fingerprint density at radius 3 is 2.94 bits per heavy atom. The van der Waals surface area contributed by atoms with Gasteiger partial charge in [-0.05, 0) is 44.5 Å². The van der Waals surface area contributed by atoms with Crippen LogP contribution in [0, 0.1) is 0 Å². The zero-order valence-electron chi connectivity index (χ0n) is 10.3. The summed E-state index contributed by atoms with van der Waals surface area (Å²) in [6.07, 6.45) is 3.60. The van der Waals surface area contributed by atoms with E-state index in [2.05, 4.69) is 35.4 Å². The molecular formula is C14H19N3. The normalized spacial score (nSPS) is 25.9. The van der Waals surface area contributed by atoms with E-state index in [1.807, 2.05) is 6.07 Å². The van der Waals surface area contributed by atoms with E-state index in [0.29, 0.717) is 0 Å². The first-order chi connectivity index (χ1) is 8.28. The highest BCUT2D eigenvalue weighted by Crippen LogP contribution is 2.32. The van der Waals surface area contributed by atoms with Crippen LogP contribution < -0.4 is 5.32 Å². The summed E-state index contributed by atoms with van der Waals surface area (Å²) in [4.78, 5) is 8.26. The zero-order valence-corrected chi connectivity index (χ0v) is 10.3. The number of nitrogens with zero attached hydrogens (tertiary/aromatic N) is 1. The fraction of sp³-hybridized carbons (Fsp3) is 0.500. The van der Waals surface area contributed by atoms with E-state index in [-0.39, 0.29) is 5.41 Å². The van der Waals surface area contributed by atoms with E-state index in [1.54, 1.807) is 0 Å². The molecule has 2 N–H and O–H groups in total. The van der Waals surface area contributed by atoms with Crippen molar-refractivity contribution in [3.63, 3.8) is 0 Å². The van der Waals surface area contributed by atoms with Crippen LogP contribution in [-0.2, 0) is 5.41 Å². The number of rotatable bonds is 1. The average molecular weight is 229 g/mol. The molecule has 0 saturated carbocycles. The van der Waals surface area contributed by atoms with Crippen molar-refractivity contribution in [2.75, 3.05) is 13.1 Å². The molecule has 1 aliphatic heterocycles. The third kappa shape index (κ3) is 1.95. The molecule has 90 valence electrons. The molecule has 0 amide bonds. The second-order valence-corrected chi connectivity index (χ2v) is 5.27. The van der Waals surface area contributed by atoms with E-state index < -0.39 is 0 Å². The Bertz CT molecular complexity index is 474. The van der Waals surface area contributed by atoms with Gasteiger partial charge in [-0.3, -0.25) is 0 Å². The molecule has 0 spiro atoms. The lowest BCUT2D eigenvalue weighted by Gasteiger charge is -2.25. The first-order valence-corrected chi connectivity index (χ1v) is 6.44. The van der Waals surface area contributed by atoms with Gasteiger partial charge in [0.2, 0.25) is 0 Å². The van der Waals surface area contributed by atoms with E-state index >= 15 is 0 Å². The lowest BCUT2D eigenvalue weighted by Crippen LogP contribution is -2.25. The maximum absolute atomic E-state index is 4.77. The highest BCUT2D eigenvalue weighted by molar-refractivity contribution is 5.74. The van der Waals surface area contributed by atoms with Crippen LogP contribution in [0.3, 0.4) is 0 Å². The fourth-order valence-corrected chi connectivity index (χ4v) is 2.69. The molecule has 17 heavy (non-hydrogen) atoms. The van der Waals surface area contributed by atoms with Crippen LogP contribution in [0.1, 0.15) is 32.0 Å². The number of imidazole rings is 1. The summed E-state index contributed by atoms with van der Waals surface area (Å²) in [7, 11) is 0. The van der Waals surface area contributed by atoms with Crippen molar-refractivity contribution >= 4 is 11.0 Å². The third-order valence-corrected chi connectivity index (χ3v) is 3.90. The van der Waals surface area contributed by atoms with Crippen LogP contribution in [0.15, 0.2) is 24.3 Å². The first-order valence-electron chi connectivity index (χ1n) is 6.44. The van der Waals surface area contributed by atoms with Crippen LogP contribution in [-0.4, -0.2) is 23.1 Å². The second kappa shape index (κ2) is 4.15. The van der Waals surface area contributed by atoms with Crippen LogP contribution >= 0.6 is 0 Å². The Balaban J connectivity index is 2.01. The number of benzene rings is 1. The summed E-state index contributed by atoms with van der Waals surface area (Å²) in [5.74, 6) is 1.16. The molecule has 1 unspecified atom stereocenters. The monoisotopic (exact) mass is 229 g/mol. The molecule has 0 bridgehead atoms. The fourth-order valence-electron chi connectivity index (χ4n) is 2.69. The first kappa shape index (κ1) is 10.8. The van der Waals surface area contributed by atoms with E-state index in [9.17, 15) is 0 Å². The largest absolute Gasteiger partial charge is 0.342 e. The Kier molecular flexibility index (Phi) is 2.63. The van der Waals surface area contributed by atoms with Crippen LogP contribution in [0.4, 0.5) is 0 Å². The molecule has 2 aromatic rings. The molecule has 1 aromatic heterocycles. The highest BCUT2D eigenvalue weighted by Gasteiger charge is 2.30. The molecule has 1 atom stereocenters. The maximum atomic E-state index is 4.77.